The molecule has 0 aromatic heterocycles. The highest BCUT2D eigenvalue weighted by atomic mass is 16.5. The number of carbonyl (C=O) groups is 1. The van der Waals surface area contributed by atoms with E-state index in [1.807, 2.05) is 31.2 Å². The summed E-state index contributed by atoms with van der Waals surface area (Å²) in [7, 11) is 0. The van der Waals surface area contributed by atoms with E-state index in [2.05, 4.69) is 19.2 Å². The second-order valence-corrected chi connectivity index (χ2v) is 4.89. The Morgan fingerprint density at radius 2 is 2.06 bits per heavy atom. The SMILES string of the molecule is Cc1ccccc1NCCC(=O)OCCC(C)C. The molecular weight excluding hydrogens is 226 g/mol. The van der Waals surface area contributed by atoms with E-state index >= 15 is 0 Å². The predicted octanol–water partition coefficient (Wildman–Crippen LogP) is 3.39. The van der Waals surface area contributed by atoms with E-state index in [-0.39, 0.29) is 5.97 Å². The molecule has 0 aliphatic heterocycles. The Balaban J connectivity index is 2.18. The molecule has 1 N–H and O–H groups in total. The molecule has 18 heavy (non-hydrogen) atoms. The first-order valence-corrected chi connectivity index (χ1v) is 6.54. The molecule has 0 unspecified atom stereocenters. The highest BCUT2D eigenvalue weighted by Crippen LogP contribution is 2.12. The molecule has 0 bridgehead atoms. The molecule has 0 aliphatic carbocycles. The van der Waals surface area contributed by atoms with Gasteiger partial charge in [0.2, 0.25) is 0 Å². The van der Waals surface area contributed by atoms with Crippen LogP contribution < -0.4 is 5.32 Å². The fourth-order valence-corrected chi connectivity index (χ4v) is 1.55. The number of esters is 1. The topological polar surface area (TPSA) is 38.3 Å². The molecule has 0 spiro atoms. The summed E-state index contributed by atoms with van der Waals surface area (Å²) >= 11 is 0. The number of para-hydroxylation sites is 1. The van der Waals surface area contributed by atoms with Crippen molar-refractivity contribution in [1.82, 2.24) is 0 Å². The van der Waals surface area contributed by atoms with Gasteiger partial charge < -0.3 is 10.1 Å². The van der Waals surface area contributed by atoms with Crippen LogP contribution in [-0.2, 0) is 9.53 Å². The molecule has 0 amide bonds. The zero-order valence-electron chi connectivity index (χ0n) is 11.5. The number of benzene rings is 1. The van der Waals surface area contributed by atoms with Crippen molar-refractivity contribution in [2.45, 2.75) is 33.6 Å². The average molecular weight is 249 g/mol. The van der Waals surface area contributed by atoms with E-state index < -0.39 is 0 Å². The van der Waals surface area contributed by atoms with Crippen LogP contribution in [0, 0.1) is 12.8 Å². The van der Waals surface area contributed by atoms with Crippen molar-refractivity contribution in [2.24, 2.45) is 5.92 Å². The smallest absolute Gasteiger partial charge is 0.307 e. The van der Waals surface area contributed by atoms with Gasteiger partial charge in [-0.1, -0.05) is 32.0 Å². The van der Waals surface area contributed by atoms with Crippen LogP contribution in [0.5, 0.6) is 0 Å². The Labute approximate surface area is 110 Å². The van der Waals surface area contributed by atoms with Crippen molar-refractivity contribution in [2.75, 3.05) is 18.5 Å². The molecule has 0 saturated carbocycles. The maximum absolute atomic E-state index is 11.4. The fraction of sp³-hybridized carbons (Fsp3) is 0.533. The number of carbonyl (C=O) groups excluding carboxylic acids is 1. The number of hydrogen-bond acceptors (Lipinski definition) is 3. The van der Waals surface area contributed by atoms with Crippen molar-refractivity contribution in [3.05, 3.63) is 29.8 Å². The van der Waals surface area contributed by atoms with Gasteiger partial charge in [-0.2, -0.15) is 0 Å². The first-order valence-electron chi connectivity index (χ1n) is 6.54. The molecule has 0 saturated heterocycles. The first kappa shape index (κ1) is 14.6. The minimum absolute atomic E-state index is 0.128. The van der Waals surface area contributed by atoms with Crippen LogP contribution in [0.3, 0.4) is 0 Å². The number of rotatable bonds is 7. The summed E-state index contributed by atoms with van der Waals surface area (Å²) < 4.78 is 5.14. The minimum Gasteiger partial charge on any atom is -0.466 e. The van der Waals surface area contributed by atoms with Gasteiger partial charge in [-0.05, 0) is 30.9 Å². The monoisotopic (exact) mass is 249 g/mol. The zero-order valence-corrected chi connectivity index (χ0v) is 11.5. The van der Waals surface area contributed by atoms with Gasteiger partial charge in [0, 0.05) is 12.2 Å². The first-order chi connectivity index (χ1) is 8.59. The average Bonchev–Trinajstić information content (AvgIpc) is 2.31. The highest BCUT2D eigenvalue weighted by molar-refractivity contribution is 5.70. The summed E-state index contributed by atoms with van der Waals surface area (Å²) in [5.74, 6) is 0.444. The normalized spacial score (nSPS) is 10.4. The largest absolute Gasteiger partial charge is 0.466 e. The van der Waals surface area contributed by atoms with Gasteiger partial charge in [0.05, 0.1) is 13.0 Å². The van der Waals surface area contributed by atoms with Crippen molar-refractivity contribution in [3.8, 4) is 0 Å². The van der Waals surface area contributed by atoms with E-state index in [0.717, 1.165) is 12.1 Å². The van der Waals surface area contributed by atoms with Gasteiger partial charge in [0.1, 0.15) is 0 Å². The van der Waals surface area contributed by atoms with E-state index in [1.165, 1.54) is 5.56 Å². The molecule has 0 fully saturated rings. The molecule has 100 valence electrons. The molecule has 0 aliphatic rings. The molecule has 1 aromatic carbocycles. The molecular formula is C15H23NO2. The number of nitrogens with one attached hydrogen (secondary N) is 1. The Morgan fingerprint density at radius 3 is 2.72 bits per heavy atom. The summed E-state index contributed by atoms with van der Waals surface area (Å²) in [5, 5.41) is 3.24. The Bertz CT molecular complexity index is 375. The third-order valence-corrected chi connectivity index (χ3v) is 2.75. The number of aryl methyl sites for hydroxylation is 1. The van der Waals surface area contributed by atoms with Crippen LogP contribution in [-0.4, -0.2) is 19.1 Å². The summed E-state index contributed by atoms with van der Waals surface area (Å²) in [5.41, 5.74) is 2.26. The van der Waals surface area contributed by atoms with Crippen molar-refractivity contribution < 1.29 is 9.53 Å². The minimum atomic E-state index is -0.128. The van der Waals surface area contributed by atoms with Crippen molar-refractivity contribution in [3.63, 3.8) is 0 Å². The molecule has 0 atom stereocenters. The van der Waals surface area contributed by atoms with Gasteiger partial charge in [0.25, 0.3) is 0 Å². The second-order valence-electron chi connectivity index (χ2n) is 4.89. The number of anilines is 1. The second kappa shape index (κ2) is 7.75. The van der Waals surface area contributed by atoms with Gasteiger partial charge in [-0.25, -0.2) is 0 Å². The quantitative estimate of drug-likeness (QED) is 0.753. The molecule has 0 radical (unpaired) electrons. The molecule has 1 rings (SSSR count). The van der Waals surface area contributed by atoms with Crippen molar-refractivity contribution in [1.29, 1.82) is 0 Å². The lowest BCUT2D eigenvalue weighted by molar-refractivity contribution is -0.143. The van der Waals surface area contributed by atoms with E-state index in [1.54, 1.807) is 0 Å². The Hall–Kier alpha value is -1.51. The van der Waals surface area contributed by atoms with Crippen LogP contribution in [0.4, 0.5) is 5.69 Å². The maximum Gasteiger partial charge on any atom is 0.307 e. The number of hydrogen-bond donors (Lipinski definition) is 1. The van der Waals surface area contributed by atoms with Gasteiger partial charge >= 0.3 is 5.97 Å². The van der Waals surface area contributed by atoms with Crippen molar-refractivity contribution >= 4 is 11.7 Å². The molecule has 0 heterocycles. The van der Waals surface area contributed by atoms with Crippen LogP contribution in [0.2, 0.25) is 0 Å². The van der Waals surface area contributed by atoms with Gasteiger partial charge in [0.15, 0.2) is 0 Å². The molecule has 1 aromatic rings. The molecule has 3 heteroatoms. The lowest BCUT2D eigenvalue weighted by Crippen LogP contribution is -2.13. The zero-order chi connectivity index (χ0) is 13.4. The Morgan fingerprint density at radius 1 is 1.33 bits per heavy atom. The third-order valence-electron chi connectivity index (χ3n) is 2.75. The predicted molar refractivity (Wildman–Crippen MR) is 74.7 cm³/mol. The Kier molecular flexibility index (Phi) is 6.26. The van der Waals surface area contributed by atoms with Crippen LogP contribution in [0.1, 0.15) is 32.3 Å². The lowest BCUT2D eigenvalue weighted by atomic mass is 10.1. The third kappa shape index (κ3) is 5.71. The van der Waals surface area contributed by atoms with Crippen LogP contribution in [0.25, 0.3) is 0 Å². The summed E-state index contributed by atoms with van der Waals surface area (Å²) in [6.07, 6.45) is 1.34. The number of ether oxygens (including phenoxy) is 1. The summed E-state index contributed by atoms with van der Waals surface area (Å²) in [4.78, 5) is 11.4. The standard InChI is InChI=1S/C15H23NO2/c1-12(2)9-11-18-15(17)8-10-16-14-7-5-4-6-13(14)3/h4-7,12,16H,8-11H2,1-3H3. The van der Waals surface area contributed by atoms with E-state index in [4.69, 9.17) is 4.74 Å². The summed E-state index contributed by atoms with van der Waals surface area (Å²) in [6, 6.07) is 8.04. The molecule has 3 nitrogen and oxygen atoms in total. The lowest BCUT2D eigenvalue weighted by Gasteiger charge is -2.09. The van der Waals surface area contributed by atoms with Gasteiger partial charge in [-0.15, -0.1) is 0 Å². The maximum atomic E-state index is 11.4. The van der Waals surface area contributed by atoms with E-state index in [9.17, 15) is 4.79 Å². The van der Waals surface area contributed by atoms with Gasteiger partial charge in [-0.3, -0.25) is 4.79 Å². The fourth-order valence-electron chi connectivity index (χ4n) is 1.55. The van der Waals surface area contributed by atoms with E-state index in [0.29, 0.717) is 25.5 Å². The van der Waals surface area contributed by atoms with Crippen LogP contribution in [0.15, 0.2) is 24.3 Å². The highest BCUT2D eigenvalue weighted by Gasteiger charge is 2.04. The van der Waals surface area contributed by atoms with Crippen LogP contribution >= 0.6 is 0 Å². The summed E-state index contributed by atoms with van der Waals surface area (Å²) in [6.45, 7) is 7.43.